The van der Waals surface area contributed by atoms with Crippen molar-refractivity contribution in [3.05, 3.63) is 64.2 Å². The Morgan fingerprint density at radius 3 is 2.50 bits per heavy atom. The summed E-state index contributed by atoms with van der Waals surface area (Å²) in [5.74, 6) is 0. The summed E-state index contributed by atoms with van der Waals surface area (Å²) in [6.45, 7) is 4.13. The minimum absolute atomic E-state index is 0.0649. The third kappa shape index (κ3) is 3.73. The van der Waals surface area contributed by atoms with Crippen molar-refractivity contribution >= 4 is 34.6 Å². The van der Waals surface area contributed by atoms with Gasteiger partial charge < -0.3 is 10.6 Å². The van der Waals surface area contributed by atoms with Crippen molar-refractivity contribution in [2.24, 2.45) is 0 Å². The second-order valence-corrected chi connectivity index (χ2v) is 7.52. The van der Waals surface area contributed by atoms with Crippen molar-refractivity contribution in [1.29, 1.82) is 0 Å². The van der Waals surface area contributed by atoms with Crippen molar-refractivity contribution < 1.29 is 0 Å². The maximum atomic E-state index is 6.20. The van der Waals surface area contributed by atoms with Crippen molar-refractivity contribution in [2.75, 3.05) is 5.32 Å². The maximum Gasteiger partial charge on any atom is 0.171 e. The maximum absolute atomic E-state index is 6.20. The van der Waals surface area contributed by atoms with Crippen LogP contribution in [-0.2, 0) is 5.54 Å². The standard InChI is InChI=1S/C20H23ClN2S/c1-14-6-5-7-16(12-14)20(10-3-4-11-20)23-19(24)22-17-9-8-15(2)18(21)13-17/h5-9,12-13H,3-4,10-11H2,1-2H3,(H2,22,23,24). The van der Waals surface area contributed by atoms with Crippen LogP contribution in [0.25, 0.3) is 0 Å². The Hall–Kier alpha value is -1.58. The average molecular weight is 359 g/mol. The Labute approximate surface area is 154 Å². The van der Waals surface area contributed by atoms with Crippen LogP contribution in [0.1, 0.15) is 42.4 Å². The first-order valence-corrected chi connectivity index (χ1v) is 9.20. The molecule has 2 N–H and O–H groups in total. The highest BCUT2D eigenvalue weighted by molar-refractivity contribution is 7.80. The molecule has 0 atom stereocenters. The fourth-order valence-electron chi connectivity index (χ4n) is 3.46. The van der Waals surface area contributed by atoms with Gasteiger partial charge in [-0.05, 0) is 62.2 Å². The number of anilines is 1. The fourth-order valence-corrected chi connectivity index (χ4v) is 3.95. The summed E-state index contributed by atoms with van der Waals surface area (Å²) in [7, 11) is 0. The Bertz CT molecular complexity index is 751. The largest absolute Gasteiger partial charge is 0.353 e. The van der Waals surface area contributed by atoms with Gasteiger partial charge in [0.2, 0.25) is 0 Å². The lowest BCUT2D eigenvalue weighted by molar-refractivity contribution is 0.408. The van der Waals surface area contributed by atoms with Crippen LogP contribution >= 0.6 is 23.8 Å². The highest BCUT2D eigenvalue weighted by Crippen LogP contribution is 2.39. The normalized spacial score (nSPS) is 16.0. The molecule has 3 rings (SSSR count). The summed E-state index contributed by atoms with van der Waals surface area (Å²) in [5.41, 5.74) is 4.52. The van der Waals surface area contributed by atoms with Gasteiger partial charge in [0.05, 0.1) is 5.54 Å². The molecule has 0 heterocycles. The molecular formula is C20H23ClN2S. The molecule has 0 radical (unpaired) electrons. The molecule has 2 aromatic rings. The van der Waals surface area contributed by atoms with E-state index >= 15 is 0 Å². The molecule has 1 aliphatic rings. The number of halogens is 1. The number of hydrogen-bond donors (Lipinski definition) is 2. The Morgan fingerprint density at radius 2 is 1.83 bits per heavy atom. The summed E-state index contributed by atoms with van der Waals surface area (Å²) in [6.07, 6.45) is 4.65. The van der Waals surface area contributed by atoms with Crippen molar-refractivity contribution in [3.8, 4) is 0 Å². The zero-order chi connectivity index (χ0) is 17.2. The summed E-state index contributed by atoms with van der Waals surface area (Å²) >= 11 is 11.8. The van der Waals surface area contributed by atoms with E-state index in [2.05, 4.69) is 41.8 Å². The van der Waals surface area contributed by atoms with Gasteiger partial charge in [0, 0.05) is 10.7 Å². The number of nitrogens with one attached hydrogen (secondary N) is 2. The molecule has 126 valence electrons. The van der Waals surface area contributed by atoms with E-state index in [1.807, 2.05) is 25.1 Å². The van der Waals surface area contributed by atoms with E-state index in [-0.39, 0.29) is 5.54 Å². The van der Waals surface area contributed by atoms with E-state index in [9.17, 15) is 0 Å². The molecule has 24 heavy (non-hydrogen) atoms. The summed E-state index contributed by atoms with van der Waals surface area (Å²) < 4.78 is 0. The number of benzene rings is 2. The van der Waals surface area contributed by atoms with Crippen LogP contribution in [0.2, 0.25) is 5.02 Å². The van der Waals surface area contributed by atoms with Crippen LogP contribution < -0.4 is 10.6 Å². The van der Waals surface area contributed by atoms with Gasteiger partial charge >= 0.3 is 0 Å². The van der Waals surface area contributed by atoms with Crippen molar-refractivity contribution in [1.82, 2.24) is 5.32 Å². The predicted octanol–water partition coefficient (Wildman–Crippen LogP) is 5.71. The molecule has 0 saturated heterocycles. The molecule has 0 bridgehead atoms. The van der Waals surface area contributed by atoms with Crippen LogP contribution in [0, 0.1) is 13.8 Å². The number of hydrogen-bond acceptors (Lipinski definition) is 1. The van der Waals surface area contributed by atoms with E-state index < -0.39 is 0 Å². The number of thiocarbonyl (C=S) groups is 1. The van der Waals surface area contributed by atoms with Gasteiger partial charge in [-0.25, -0.2) is 0 Å². The zero-order valence-electron chi connectivity index (χ0n) is 14.2. The minimum Gasteiger partial charge on any atom is -0.353 e. The van der Waals surface area contributed by atoms with Crippen LogP contribution in [-0.4, -0.2) is 5.11 Å². The summed E-state index contributed by atoms with van der Waals surface area (Å²) in [5, 5.41) is 8.28. The molecule has 0 unspecified atom stereocenters. The number of aryl methyl sites for hydroxylation is 2. The first kappa shape index (κ1) is 17.2. The van der Waals surface area contributed by atoms with Gasteiger partial charge in [-0.1, -0.05) is 60.3 Å². The lowest BCUT2D eigenvalue weighted by Crippen LogP contribution is -2.45. The molecular weight excluding hydrogens is 336 g/mol. The van der Waals surface area contributed by atoms with Gasteiger partial charge in [0.1, 0.15) is 0 Å². The smallest absolute Gasteiger partial charge is 0.171 e. The molecule has 0 aliphatic heterocycles. The highest BCUT2D eigenvalue weighted by atomic mass is 35.5. The van der Waals surface area contributed by atoms with Gasteiger partial charge in [-0.2, -0.15) is 0 Å². The second-order valence-electron chi connectivity index (χ2n) is 6.70. The van der Waals surface area contributed by atoms with Crippen LogP contribution in [0.3, 0.4) is 0 Å². The third-order valence-electron chi connectivity index (χ3n) is 4.81. The monoisotopic (exact) mass is 358 g/mol. The lowest BCUT2D eigenvalue weighted by atomic mass is 9.87. The van der Waals surface area contributed by atoms with Crippen molar-refractivity contribution in [3.63, 3.8) is 0 Å². The topological polar surface area (TPSA) is 24.1 Å². The molecule has 4 heteroatoms. The molecule has 1 saturated carbocycles. The first-order chi connectivity index (χ1) is 11.5. The van der Waals surface area contributed by atoms with Crippen LogP contribution in [0.5, 0.6) is 0 Å². The van der Waals surface area contributed by atoms with Gasteiger partial charge in [-0.15, -0.1) is 0 Å². The molecule has 0 aromatic heterocycles. The summed E-state index contributed by atoms with van der Waals surface area (Å²) in [6, 6.07) is 14.7. The van der Waals surface area contributed by atoms with E-state index in [1.54, 1.807) is 0 Å². The molecule has 2 aromatic carbocycles. The fraction of sp³-hybridized carbons (Fsp3) is 0.350. The van der Waals surface area contributed by atoms with Gasteiger partial charge in [0.25, 0.3) is 0 Å². The summed E-state index contributed by atoms with van der Waals surface area (Å²) in [4.78, 5) is 0. The quantitative estimate of drug-likeness (QED) is 0.687. The minimum atomic E-state index is -0.0649. The van der Waals surface area contributed by atoms with Gasteiger partial charge in [-0.3, -0.25) is 0 Å². The van der Waals surface area contributed by atoms with E-state index in [0.29, 0.717) is 5.11 Å². The van der Waals surface area contributed by atoms with Crippen molar-refractivity contribution in [2.45, 2.75) is 45.1 Å². The van der Waals surface area contributed by atoms with E-state index in [1.165, 1.54) is 24.0 Å². The molecule has 1 fully saturated rings. The van der Waals surface area contributed by atoms with Crippen LogP contribution in [0.4, 0.5) is 5.69 Å². The predicted molar refractivity (Wildman–Crippen MR) is 107 cm³/mol. The molecule has 1 aliphatic carbocycles. The molecule has 0 amide bonds. The second kappa shape index (κ2) is 7.12. The first-order valence-electron chi connectivity index (χ1n) is 8.41. The SMILES string of the molecule is Cc1cccc(C2(NC(=S)Nc3ccc(C)c(Cl)c3)CCCC2)c1. The lowest BCUT2D eigenvalue weighted by Gasteiger charge is -2.33. The molecule has 0 spiro atoms. The Balaban J connectivity index is 1.78. The Kier molecular flexibility index (Phi) is 5.12. The Morgan fingerprint density at radius 1 is 1.08 bits per heavy atom. The van der Waals surface area contributed by atoms with E-state index in [0.717, 1.165) is 29.1 Å². The van der Waals surface area contributed by atoms with E-state index in [4.69, 9.17) is 23.8 Å². The average Bonchev–Trinajstić information content (AvgIpc) is 3.00. The number of rotatable bonds is 3. The van der Waals surface area contributed by atoms with Gasteiger partial charge in [0.15, 0.2) is 5.11 Å². The molecule has 2 nitrogen and oxygen atoms in total. The zero-order valence-corrected chi connectivity index (χ0v) is 15.7. The highest BCUT2D eigenvalue weighted by Gasteiger charge is 2.36. The van der Waals surface area contributed by atoms with Crippen LogP contribution in [0.15, 0.2) is 42.5 Å². The third-order valence-corrected chi connectivity index (χ3v) is 5.42.